The Bertz CT molecular complexity index is 1460. The predicted molar refractivity (Wildman–Crippen MR) is 133 cm³/mol. The largest absolute Gasteiger partial charge is 0.493 e. The summed E-state index contributed by atoms with van der Waals surface area (Å²) in [6, 6.07) is 17.9. The fourth-order valence-electron chi connectivity index (χ4n) is 3.52. The Morgan fingerprint density at radius 1 is 0.886 bits per heavy atom. The zero-order chi connectivity index (χ0) is 24.9. The van der Waals surface area contributed by atoms with E-state index < -0.39 is 11.8 Å². The third-order valence-corrected chi connectivity index (χ3v) is 5.38. The molecule has 0 unspecified atom stereocenters. The number of methoxy groups -OCH3 is 2. The molecule has 8 nitrogen and oxygen atoms in total. The van der Waals surface area contributed by atoms with Crippen molar-refractivity contribution in [3.8, 4) is 11.5 Å². The normalized spacial score (nSPS) is 10.6. The number of amides is 2. The standard InChI is InChI=1S/C27H23N2O6/c1-4-16-9-11-17(12-10-16)28-26(31)19-13-23(33-2)24(34-3)14-20(19)29-27(32)25-15-21(30)18-7-5-6-8-22(18)35-25/h5-15H,1,4H2,2-3H3,(H,28,31)(H,29,32). The van der Waals surface area contributed by atoms with Crippen LogP contribution in [-0.2, 0) is 6.42 Å². The number of hydrogen-bond donors (Lipinski definition) is 2. The van der Waals surface area contributed by atoms with Crippen LogP contribution >= 0.6 is 0 Å². The monoisotopic (exact) mass is 471 g/mol. The topological polar surface area (TPSA) is 107 Å². The molecule has 0 aliphatic rings. The molecule has 0 saturated carbocycles. The van der Waals surface area contributed by atoms with Gasteiger partial charge in [-0.2, -0.15) is 0 Å². The quantitative estimate of drug-likeness (QED) is 0.405. The Morgan fingerprint density at radius 2 is 1.57 bits per heavy atom. The summed E-state index contributed by atoms with van der Waals surface area (Å²) in [5, 5.41) is 5.82. The van der Waals surface area contributed by atoms with Gasteiger partial charge in [-0.25, -0.2) is 0 Å². The van der Waals surface area contributed by atoms with Crippen LogP contribution in [0.4, 0.5) is 11.4 Å². The number of carbonyl (C=O) groups excluding carboxylic acids is 2. The van der Waals surface area contributed by atoms with Gasteiger partial charge >= 0.3 is 0 Å². The van der Waals surface area contributed by atoms with Gasteiger partial charge in [0.1, 0.15) is 5.58 Å². The highest BCUT2D eigenvalue weighted by atomic mass is 16.5. The number of fused-ring (bicyclic) bond motifs is 1. The smallest absolute Gasteiger partial charge is 0.291 e. The first-order valence-electron chi connectivity index (χ1n) is 10.7. The van der Waals surface area contributed by atoms with Crippen molar-refractivity contribution in [3.05, 3.63) is 101 Å². The number of carbonyl (C=O) groups is 2. The van der Waals surface area contributed by atoms with Gasteiger partial charge in [0.15, 0.2) is 22.7 Å². The van der Waals surface area contributed by atoms with E-state index in [1.807, 2.05) is 12.1 Å². The van der Waals surface area contributed by atoms with Gasteiger partial charge in [-0.1, -0.05) is 24.3 Å². The molecule has 4 aromatic rings. The van der Waals surface area contributed by atoms with Crippen molar-refractivity contribution >= 4 is 34.2 Å². The van der Waals surface area contributed by atoms with E-state index in [-0.39, 0.29) is 28.0 Å². The van der Waals surface area contributed by atoms with Gasteiger partial charge in [-0.3, -0.25) is 14.4 Å². The fraction of sp³-hybridized carbons (Fsp3) is 0.111. The molecular weight excluding hydrogens is 448 g/mol. The molecule has 0 spiro atoms. The molecule has 177 valence electrons. The zero-order valence-corrected chi connectivity index (χ0v) is 19.2. The van der Waals surface area contributed by atoms with E-state index in [0.29, 0.717) is 29.0 Å². The second-order valence-electron chi connectivity index (χ2n) is 7.58. The van der Waals surface area contributed by atoms with Crippen molar-refractivity contribution in [2.24, 2.45) is 0 Å². The number of ether oxygens (including phenoxy) is 2. The number of benzene rings is 3. The van der Waals surface area contributed by atoms with E-state index in [4.69, 9.17) is 13.9 Å². The maximum atomic E-state index is 13.2. The molecule has 0 atom stereocenters. The van der Waals surface area contributed by atoms with Crippen LogP contribution in [0, 0.1) is 6.92 Å². The van der Waals surface area contributed by atoms with E-state index >= 15 is 0 Å². The van der Waals surface area contributed by atoms with Crippen LogP contribution in [0.2, 0.25) is 0 Å². The fourth-order valence-corrected chi connectivity index (χ4v) is 3.52. The molecule has 0 bridgehead atoms. The summed E-state index contributed by atoms with van der Waals surface area (Å²) in [6.07, 6.45) is 0.630. The van der Waals surface area contributed by atoms with Crippen molar-refractivity contribution in [1.82, 2.24) is 0 Å². The molecule has 0 aliphatic carbocycles. The maximum Gasteiger partial charge on any atom is 0.291 e. The summed E-state index contributed by atoms with van der Waals surface area (Å²) in [7, 11) is 2.88. The molecule has 0 aliphatic heterocycles. The molecule has 0 fully saturated rings. The van der Waals surface area contributed by atoms with Crippen LogP contribution in [-0.4, -0.2) is 26.0 Å². The highest BCUT2D eigenvalue weighted by molar-refractivity contribution is 6.12. The van der Waals surface area contributed by atoms with Crippen molar-refractivity contribution < 1.29 is 23.5 Å². The highest BCUT2D eigenvalue weighted by Crippen LogP contribution is 2.34. The van der Waals surface area contributed by atoms with Crippen LogP contribution < -0.4 is 25.5 Å². The Balaban J connectivity index is 1.69. The third kappa shape index (κ3) is 5.01. The molecule has 2 amide bonds. The minimum atomic E-state index is -0.700. The third-order valence-electron chi connectivity index (χ3n) is 5.38. The summed E-state index contributed by atoms with van der Waals surface area (Å²) in [6.45, 7) is 3.84. The van der Waals surface area contributed by atoms with E-state index in [9.17, 15) is 14.4 Å². The second kappa shape index (κ2) is 10.1. The molecule has 1 radical (unpaired) electrons. The summed E-state index contributed by atoms with van der Waals surface area (Å²) < 4.78 is 16.3. The van der Waals surface area contributed by atoms with Gasteiger partial charge in [0, 0.05) is 17.8 Å². The highest BCUT2D eigenvalue weighted by Gasteiger charge is 2.21. The summed E-state index contributed by atoms with van der Waals surface area (Å²) in [4.78, 5) is 38.6. The van der Waals surface area contributed by atoms with Gasteiger partial charge in [-0.05, 0) is 49.2 Å². The van der Waals surface area contributed by atoms with Crippen molar-refractivity contribution in [2.45, 2.75) is 6.42 Å². The SMILES string of the molecule is [CH2]Cc1ccc(NC(=O)c2cc(OC)c(OC)cc2NC(=O)c2cc(=O)c3ccccc3o2)cc1. The van der Waals surface area contributed by atoms with Crippen molar-refractivity contribution in [3.63, 3.8) is 0 Å². The lowest BCUT2D eigenvalue weighted by Crippen LogP contribution is -2.19. The first-order chi connectivity index (χ1) is 16.9. The van der Waals surface area contributed by atoms with E-state index in [0.717, 1.165) is 11.6 Å². The molecule has 4 rings (SSSR count). The first kappa shape index (κ1) is 23.6. The Morgan fingerprint density at radius 3 is 2.26 bits per heavy atom. The molecule has 1 aromatic heterocycles. The summed E-state index contributed by atoms with van der Waals surface area (Å²) >= 11 is 0. The van der Waals surface area contributed by atoms with Gasteiger partial charge in [0.05, 0.1) is 30.9 Å². The van der Waals surface area contributed by atoms with E-state index in [1.165, 1.54) is 26.4 Å². The molecular formula is C27H23N2O6. The van der Waals surface area contributed by atoms with E-state index in [1.54, 1.807) is 36.4 Å². The second-order valence-corrected chi connectivity index (χ2v) is 7.58. The molecule has 8 heteroatoms. The van der Waals surface area contributed by atoms with Gasteiger partial charge in [-0.15, -0.1) is 0 Å². The summed E-state index contributed by atoms with van der Waals surface area (Å²) in [5.74, 6) is -0.768. The number of anilines is 2. The summed E-state index contributed by atoms with van der Waals surface area (Å²) in [5.41, 5.74) is 1.79. The Kier molecular flexibility index (Phi) is 6.82. The lowest BCUT2D eigenvalue weighted by Gasteiger charge is -2.16. The van der Waals surface area contributed by atoms with Crippen LogP contribution in [0.15, 0.2) is 75.9 Å². The number of nitrogens with one attached hydrogen (secondary N) is 2. The van der Waals surface area contributed by atoms with Gasteiger partial charge < -0.3 is 24.5 Å². The maximum absolute atomic E-state index is 13.2. The first-order valence-corrected chi connectivity index (χ1v) is 10.7. The number of para-hydroxylation sites is 1. The van der Waals surface area contributed by atoms with Crippen molar-refractivity contribution in [2.75, 3.05) is 24.9 Å². The molecule has 35 heavy (non-hydrogen) atoms. The molecule has 2 N–H and O–H groups in total. The Hall–Kier alpha value is -4.59. The average molecular weight is 471 g/mol. The minimum absolute atomic E-state index is 0.125. The zero-order valence-electron chi connectivity index (χ0n) is 19.2. The lowest BCUT2D eigenvalue weighted by atomic mass is 10.1. The Labute approximate surface area is 201 Å². The molecule has 1 heterocycles. The minimum Gasteiger partial charge on any atom is -0.493 e. The molecule has 0 saturated heterocycles. The molecule has 3 aromatic carbocycles. The van der Waals surface area contributed by atoms with Gasteiger partial charge in [0.2, 0.25) is 0 Å². The predicted octanol–water partition coefficient (Wildman–Crippen LogP) is 4.69. The van der Waals surface area contributed by atoms with E-state index in [2.05, 4.69) is 17.6 Å². The lowest BCUT2D eigenvalue weighted by molar-refractivity contribution is 0.0997. The van der Waals surface area contributed by atoms with Crippen LogP contribution in [0.5, 0.6) is 11.5 Å². The number of rotatable bonds is 7. The number of hydrogen-bond acceptors (Lipinski definition) is 6. The average Bonchev–Trinajstić information content (AvgIpc) is 2.88. The van der Waals surface area contributed by atoms with Crippen LogP contribution in [0.1, 0.15) is 26.5 Å². The van der Waals surface area contributed by atoms with Crippen LogP contribution in [0.25, 0.3) is 11.0 Å². The van der Waals surface area contributed by atoms with Crippen LogP contribution in [0.3, 0.4) is 0 Å². The van der Waals surface area contributed by atoms with Crippen molar-refractivity contribution in [1.29, 1.82) is 0 Å². The van der Waals surface area contributed by atoms with Gasteiger partial charge in [0.25, 0.3) is 11.8 Å².